The Bertz CT molecular complexity index is 429. The highest BCUT2D eigenvalue weighted by molar-refractivity contribution is 5.80. The second-order valence-electron chi connectivity index (χ2n) is 4.19. The Balaban J connectivity index is 2.53. The summed E-state index contributed by atoms with van der Waals surface area (Å²) in [4.78, 5) is 4.23. The molecule has 1 aliphatic rings. The van der Waals surface area contributed by atoms with E-state index in [1.165, 1.54) is 0 Å². The third-order valence-electron chi connectivity index (χ3n) is 2.71. The standard InChI is InChI=1S/C14H15FN/c1-10(2)11-6-5-7-12(15)14(11)13-8-3-4-9-16-13/h3-4,6-10H,5H2,1-2H3. The molecule has 0 aromatic carbocycles. The number of halogens is 1. The summed E-state index contributed by atoms with van der Waals surface area (Å²) >= 11 is 0. The van der Waals surface area contributed by atoms with Crippen molar-refractivity contribution in [1.82, 2.24) is 4.98 Å². The largest absolute Gasteiger partial charge is 0.256 e. The molecule has 1 aromatic heterocycles. The van der Waals surface area contributed by atoms with E-state index in [1.54, 1.807) is 12.3 Å². The van der Waals surface area contributed by atoms with Gasteiger partial charge in [0.1, 0.15) is 5.83 Å². The summed E-state index contributed by atoms with van der Waals surface area (Å²) < 4.78 is 13.9. The first-order valence-corrected chi connectivity index (χ1v) is 5.55. The van der Waals surface area contributed by atoms with E-state index >= 15 is 0 Å². The van der Waals surface area contributed by atoms with E-state index in [4.69, 9.17) is 0 Å². The molecule has 1 nitrogen and oxygen atoms in total. The van der Waals surface area contributed by atoms with Gasteiger partial charge in [-0.15, -0.1) is 0 Å². The lowest BCUT2D eigenvalue weighted by atomic mass is 9.87. The fourth-order valence-electron chi connectivity index (χ4n) is 1.94. The molecule has 83 valence electrons. The Labute approximate surface area is 95.7 Å². The van der Waals surface area contributed by atoms with E-state index in [0.29, 0.717) is 17.9 Å². The van der Waals surface area contributed by atoms with Gasteiger partial charge in [-0.05, 0) is 37.0 Å². The molecule has 0 saturated heterocycles. The van der Waals surface area contributed by atoms with Gasteiger partial charge in [0.25, 0.3) is 0 Å². The van der Waals surface area contributed by atoms with Crippen molar-refractivity contribution in [3.63, 3.8) is 0 Å². The molecule has 1 heterocycles. The number of rotatable bonds is 2. The third-order valence-corrected chi connectivity index (χ3v) is 2.71. The molecule has 2 heteroatoms. The zero-order valence-electron chi connectivity index (χ0n) is 9.57. The predicted molar refractivity (Wildman–Crippen MR) is 64.1 cm³/mol. The summed E-state index contributed by atoms with van der Waals surface area (Å²) in [5, 5.41) is 0. The van der Waals surface area contributed by atoms with Gasteiger partial charge in [-0.25, -0.2) is 4.39 Å². The second-order valence-corrected chi connectivity index (χ2v) is 4.19. The minimum absolute atomic E-state index is 0.148. The van der Waals surface area contributed by atoms with Gasteiger partial charge in [0.05, 0.1) is 5.69 Å². The van der Waals surface area contributed by atoms with Gasteiger partial charge in [0, 0.05) is 11.8 Å². The first-order chi connectivity index (χ1) is 7.70. The molecule has 1 aliphatic carbocycles. The number of aromatic nitrogens is 1. The molecule has 0 saturated carbocycles. The van der Waals surface area contributed by atoms with Crippen molar-refractivity contribution >= 4 is 5.57 Å². The Hall–Kier alpha value is -1.44. The van der Waals surface area contributed by atoms with Crippen molar-refractivity contribution in [3.05, 3.63) is 54.0 Å². The molecule has 16 heavy (non-hydrogen) atoms. The van der Waals surface area contributed by atoms with Crippen molar-refractivity contribution in [2.45, 2.75) is 20.3 Å². The maximum atomic E-state index is 13.9. The van der Waals surface area contributed by atoms with Crippen LogP contribution in [0.2, 0.25) is 0 Å². The second kappa shape index (κ2) is 4.60. The fourth-order valence-corrected chi connectivity index (χ4v) is 1.94. The molecule has 0 fully saturated rings. The zero-order chi connectivity index (χ0) is 11.5. The molecule has 1 radical (unpaired) electrons. The van der Waals surface area contributed by atoms with Gasteiger partial charge < -0.3 is 0 Å². The first kappa shape index (κ1) is 11.1. The van der Waals surface area contributed by atoms with Crippen molar-refractivity contribution in [3.8, 4) is 0 Å². The van der Waals surface area contributed by atoms with Crippen LogP contribution in [0.15, 0.2) is 41.9 Å². The minimum Gasteiger partial charge on any atom is -0.256 e. The van der Waals surface area contributed by atoms with E-state index in [2.05, 4.69) is 25.3 Å². The number of allylic oxidation sites excluding steroid dienone is 4. The predicted octanol–water partition coefficient (Wildman–Crippen LogP) is 3.95. The molecule has 0 N–H and O–H groups in total. The quantitative estimate of drug-likeness (QED) is 0.729. The molecule has 1 aromatic rings. The van der Waals surface area contributed by atoms with E-state index in [0.717, 1.165) is 11.3 Å². The van der Waals surface area contributed by atoms with Gasteiger partial charge in [0.15, 0.2) is 0 Å². The average Bonchev–Trinajstić information content (AvgIpc) is 2.29. The van der Waals surface area contributed by atoms with E-state index in [-0.39, 0.29) is 5.83 Å². The Morgan fingerprint density at radius 1 is 1.31 bits per heavy atom. The SMILES string of the molecule is CC(C)C1=C(c2ccccn2)C(F)=CC[CH]1. The lowest BCUT2D eigenvalue weighted by Gasteiger charge is -2.20. The van der Waals surface area contributed by atoms with Crippen LogP contribution in [-0.4, -0.2) is 4.98 Å². The highest BCUT2D eigenvalue weighted by Crippen LogP contribution is 2.35. The number of pyridine rings is 1. The number of hydrogen-bond acceptors (Lipinski definition) is 1. The molecule has 0 spiro atoms. The maximum Gasteiger partial charge on any atom is 0.128 e. The lowest BCUT2D eigenvalue weighted by molar-refractivity contribution is 0.652. The smallest absolute Gasteiger partial charge is 0.128 e. The molecule has 0 amide bonds. The summed E-state index contributed by atoms with van der Waals surface area (Å²) in [7, 11) is 0. The summed E-state index contributed by atoms with van der Waals surface area (Å²) in [6, 6.07) is 5.58. The maximum absolute atomic E-state index is 13.9. The molecule has 0 aliphatic heterocycles. The van der Waals surface area contributed by atoms with E-state index < -0.39 is 0 Å². The molecule has 2 rings (SSSR count). The summed E-state index contributed by atoms with van der Waals surface area (Å²) in [6.07, 6.45) is 6.06. The van der Waals surface area contributed by atoms with E-state index in [1.807, 2.05) is 18.2 Å². The van der Waals surface area contributed by atoms with Gasteiger partial charge in [-0.3, -0.25) is 4.98 Å². The van der Waals surface area contributed by atoms with Crippen LogP contribution in [0.4, 0.5) is 4.39 Å². The van der Waals surface area contributed by atoms with Crippen LogP contribution >= 0.6 is 0 Å². The topological polar surface area (TPSA) is 12.9 Å². The normalized spacial score (nSPS) is 16.6. The highest BCUT2D eigenvalue weighted by Gasteiger charge is 2.20. The summed E-state index contributed by atoms with van der Waals surface area (Å²) in [5.74, 6) is 0.168. The van der Waals surface area contributed by atoms with Crippen molar-refractivity contribution in [1.29, 1.82) is 0 Å². The Morgan fingerprint density at radius 3 is 2.75 bits per heavy atom. The molecule has 0 bridgehead atoms. The molecule has 0 unspecified atom stereocenters. The van der Waals surface area contributed by atoms with Crippen LogP contribution < -0.4 is 0 Å². The molecular formula is C14H15FN. The van der Waals surface area contributed by atoms with Crippen LogP contribution in [0, 0.1) is 12.3 Å². The Kier molecular flexibility index (Phi) is 3.18. The number of nitrogens with zero attached hydrogens (tertiary/aromatic N) is 1. The highest BCUT2D eigenvalue weighted by atomic mass is 19.1. The van der Waals surface area contributed by atoms with Crippen LogP contribution in [0.5, 0.6) is 0 Å². The third kappa shape index (κ3) is 2.06. The van der Waals surface area contributed by atoms with Crippen LogP contribution in [0.1, 0.15) is 26.0 Å². The van der Waals surface area contributed by atoms with E-state index in [9.17, 15) is 4.39 Å². The molecule has 0 atom stereocenters. The van der Waals surface area contributed by atoms with Crippen LogP contribution in [-0.2, 0) is 0 Å². The van der Waals surface area contributed by atoms with Gasteiger partial charge in [-0.1, -0.05) is 25.5 Å². The zero-order valence-corrected chi connectivity index (χ0v) is 9.57. The van der Waals surface area contributed by atoms with Crippen LogP contribution in [0.3, 0.4) is 0 Å². The lowest BCUT2D eigenvalue weighted by Crippen LogP contribution is -2.05. The monoisotopic (exact) mass is 216 g/mol. The molecular weight excluding hydrogens is 201 g/mol. The number of hydrogen-bond donors (Lipinski definition) is 0. The van der Waals surface area contributed by atoms with Gasteiger partial charge in [-0.2, -0.15) is 0 Å². The minimum atomic E-state index is -0.148. The average molecular weight is 216 g/mol. The van der Waals surface area contributed by atoms with Crippen molar-refractivity contribution in [2.75, 3.05) is 0 Å². The van der Waals surface area contributed by atoms with Crippen molar-refractivity contribution in [2.24, 2.45) is 5.92 Å². The van der Waals surface area contributed by atoms with Crippen LogP contribution in [0.25, 0.3) is 5.57 Å². The van der Waals surface area contributed by atoms with Gasteiger partial charge >= 0.3 is 0 Å². The fraction of sp³-hybridized carbons (Fsp3) is 0.286. The van der Waals surface area contributed by atoms with Crippen molar-refractivity contribution < 1.29 is 4.39 Å². The first-order valence-electron chi connectivity index (χ1n) is 5.55. The summed E-state index contributed by atoms with van der Waals surface area (Å²) in [5.41, 5.74) is 2.43. The van der Waals surface area contributed by atoms with Gasteiger partial charge in [0.2, 0.25) is 0 Å². The Morgan fingerprint density at radius 2 is 2.12 bits per heavy atom. The summed E-state index contributed by atoms with van der Waals surface area (Å²) in [6.45, 7) is 4.15.